The molecule has 1 heterocycles. The van der Waals surface area contributed by atoms with E-state index in [1.165, 1.54) is 10.9 Å². The van der Waals surface area contributed by atoms with Gasteiger partial charge in [0.05, 0.1) is 6.42 Å². The molecule has 102 valence electrons. The fourth-order valence-electron chi connectivity index (χ4n) is 2.45. The quantitative estimate of drug-likeness (QED) is 0.883. The third kappa shape index (κ3) is 2.80. The summed E-state index contributed by atoms with van der Waals surface area (Å²) in [4.78, 5) is 12.1. The Morgan fingerprint density at radius 1 is 1.26 bits per heavy atom. The van der Waals surface area contributed by atoms with Crippen LogP contribution < -0.4 is 5.32 Å². The van der Waals surface area contributed by atoms with E-state index < -0.39 is 0 Å². The van der Waals surface area contributed by atoms with E-state index >= 15 is 0 Å². The summed E-state index contributed by atoms with van der Waals surface area (Å²) in [5.74, 6) is 0.0759. The van der Waals surface area contributed by atoms with E-state index in [0.717, 1.165) is 11.3 Å². The second-order valence-electron chi connectivity index (χ2n) is 6.12. The lowest BCUT2D eigenvalue weighted by molar-refractivity contribution is -0.121. The van der Waals surface area contributed by atoms with E-state index in [9.17, 15) is 4.79 Å². The minimum absolute atomic E-state index is 0.0759. The van der Waals surface area contributed by atoms with Crippen molar-refractivity contribution in [3.63, 3.8) is 0 Å². The molecular weight excluding hydrogens is 236 g/mol. The number of fused-ring (bicyclic) bond motifs is 1. The molecule has 2 rings (SSSR count). The van der Waals surface area contributed by atoms with Crippen LogP contribution in [-0.2, 0) is 18.3 Å². The largest absolute Gasteiger partial charge is 0.351 e. The van der Waals surface area contributed by atoms with Gasteiger partial charge in [0.25, 0.3) is 0 Å². The van der Waals surface area contributed by atoms with Crippen molar-refractivity contribution in [2.45, 2.75) is 39.7 Å². The molecule has 0 radical (unpaired) electrons. The molecule has 0 atom stereocenters. The molecule has 0 aliphatic rings. The zero-order chi connectivity index (χ0) is 14.2. The topological polar surface area (TPSA) is 34.0 Å². The molecule has 0 saturated heterocycles. The number of carbonyl (C=O) groups excluding carboxylic acids is 1. The fourth-order valence-corrected chi connectivity index (χ4v) is 2.45. The summed E-state index contributed by atoms with van der Waals surface area (Å²) in [5, 5.41) is 4.19. The first-order valence-corrected chi connectivity index (χ1v) is 6.63. The van der Waals surface area contributed by atoms with E-state index in [1.807, 2.05) is 40.0 Å². The van der Waals surface area contributed by atoms with Gasteiger partial charge in [-0.3, -0.25) is 4.79 Å². The highest BCUT2D eigenvalue weighted by atomic mass is 16.1. The zero-order valence-corrected chi connectivity index (χ0v) is 12.4. The Kier molecular flexibility index (Phi) is 3.40. The summed E-state index contributed by atoms with van der Waals surface area (Å²) >= 11 is 0. The van der Waals surface area contributed by atoms with Crippen LogP contribution in [0.5, 0.6) is 0 Å². The van der Waals surface area contributed by atoms with Gasteiger partial charge in [0.15, 0.2) is 0 Å². The molecule has 1 N–H and O–H groups in total. The van der Waals surface area contributed by atoms with Gasteiger partial charge >= 0.3 is 0 Å². The Morgan fingerprint density at radius 2 is 1.89 bits per heavy atom. The second-order valence-corrected chi connectivity index (χ2v) is 6.12. The molecule has 2 aromatic rings. The van der Waals surface area contributed by atoms with Crippen LogP contribution in [0.15, 0.2) is 24.3 Å². The van der Waals surface area contributed by atoms with Crippen LogP contribution in [0.25, 0.3) is 10.9 Å². The number of rotatable bonds is 2. The van der Waals surface area contributed by atoms with E-state index in [1.54, 1.807) is 0 Å². The average molecular weight is 258 g/mol. The van der Waals surface area contributed by atoms with Crippen molar-refractivity contribution in [2.75, 3.05) is 0 Å². The Balaban J connectivity index is 2.36. The van der Waals surface area contributed by atoms with Gasteiger partial charge in [0.2, 0.25) is 5.91 Å². The van der Waals surface area contributed by atoms with Crippen LogP contribution >= 0.6 is 0 Å². The maximum absolute atomic E-state index is 12.1. The average Bonchev–Trinajstić information content (AvgIpc) is 2.53. The van der Waals surface area contributed by atoms with Gasteiger partial charge in [0.1, 0.15) is 0 Å². The van der Waals surface area contributed by atoms with Crippen LogP contribution in [0.1, 0.15) is 32.0 Å². The number of benzene rings is 1. The first kappa shape index (κ1) is 13.7. The zero-order valence-electron chi connectivity index (χ0n) is 12.4. The predicted octanol–water partition coefficient (Wildman–Crippen LogP) is 2.94. The Bertz CT molecular complexity index is 617. The Labute approximate surface area is 114 Å². The van der Waals surface area contributed by atoms with Crippen molar-refractivity contribution < 1.29 is 4.79 Å². The van der Waals surface area contributed by atoms with Gasteiger partial charge in [-0.15, -0.1) is 0 Å². The molecule has 0 spiro atoms. The third-order valence-electron chi connectivity index (χ3n) is 3.38. The molecule has 0 saturated carbocycles. The molecule has 0 bridgehead atoms. The molecule has 0 aliphatic carbocycles. The van der Waals surface area contributed by atoms with Gasteiger partial charge < -0.3 is 9.88 Å². The first-order valence-electron chi connectivity index (χ1n) is 6.63. The second kappa shape index (κ2) is 4.72. The van der Waals surface area contributed by atoms with E-state index in [2.05, 4.69) is 28.9 Å². The summed E-state index contributed by atoms with van der Waals surface area (Å²) in [6.45, 7) is 8.07. The van der Waals surface area contributed by atoms with Crippen molar-refractivity contribution in [2.24, 2.45) is 7.05 Å². The van der Waals surface area contributed by atoms with Crippen molar-refractivity contribution in [3.05, 3.63) is 35.5 Å². The highest BCUT2D eigenvalue weighted by Crippen LogP contribution is 2.25. The molecule has 1 aromatic heterocycles. The molecule has 0 fully saturated rings. The predicted molar refractivity (Wildman–Crippen MR) is 79.3 cm³/mol. The molecule has 3 heteroatoms. The van der Waals surface area contributed by atoms with Gasteiger partial charge in [-0.05, 0) is 39.3 Å². The van der Waals surface area contributed by atoms with Crippen LogP contribution in [0.4, 0.5) is 0 Å². The van der Waals surface area contributed by atoms with E-state index in [-0.39, 0.29) is 11.4 Å². The fraction of sp³-hybridized carbons (Fsp3) is 0.438. The van der Waals surface area contributed by atoms with Gasteiger partial charge in [0, 0.05) is 29.2 Å². The number of nitrogens with zero attached hydrogens (tertiary/aromatic N) is 1. The number of aromatic nitrogens is 1. The summed E-state index contributed by atoms with van der Waals surface area (Å²) in [7, 11) is 2.04. The lowest BCUT2D eigenvalue weighted by atomic mass is 10.1. The number of hydrogen-bond donors (Lipinski definition) is 1. The lowest BCUT2D eigenvalue weighted by Gasteiger charge is -2.20. The van der Waals surface area contributed by atoms with Gasteiger partial charge in [-0.2, -0.15) is 0 Å². The lowest BCUT2D eigenvalue weighted by Crippen LogP contribution is -2.41. The SMILES string of the molecule is Cc1c(CC(=O)NC(C)(C)C)c2ccccc2n1C. The van der Waals surface area contributed by atoms with Gasteiger partial charge in [-0.25, -0.2) is 0 Å². The maximum atomic E-state index is 12.1. The number of para-hydroxylation sites is 1. The first-order chi connectivity index (χ1) is 8.79. The van der Waals surface area contributed by atoms with Crippen LogP contribution in [0, 0.1) is 6.92 Å². The minimum atomic E-state index is -0.185. The minimum Gasteiger partial charge on any atom is -0.351 e. The van der Waals surface area contributed by atoms with E-state index in [0.29, 0.717) is 6.42 Å². The highest BCUT2D eigenvalue weighted by Gasteiger charge is 2.18. The Morgan fingerprint density at radius 3 is 2.53 bits per heavy atom. The van der Waals surface area contributed by atoms with Crippen LogP contribution in [0.2, 0.25) is 0 Å². The van der Waals surface area contributed by atoms with E-state index in [4.69, 9.17) is 0 Å². The van der Waals surface area contributed by atoms with Crippen LogP contribution in [-0.4, -0.2) is 16.0 Å². The number of nitrogens with one attached hydrogen (secondary N) is 1. The molecule has 0 unspecified atom stereocenters. The molecule has 3 nitrogen and oxygen atoms in total. The number of aryl methyl sites for hydroxylation is 1. The van der Waals surface area contributed by atoms with Crippen molar-refractivity contribution >= 4 is 16.8 Å². The van der Waals surface area contributed by atoms with Crippen LogP contribution in [0.3, 0.4) is 0 Å². The number of carbonyl (C=O) groups is 1. The molecule has 19 heavy (non-hydrogen) atoms. The van der Waals surface area contributed by atoms with Gasteiger partial charge in [-0.1, -0.05) is 18.2 Å². The summed E-state index contributed by atoms with van der Waals surface area (Å²) < 4.78 is 2.15. The van der Waals surface area contributed by atoms with Crippen molar-refractivity contribution in [3.8, 4) is 0 Å². The summed E-state index contributed by atoms with van der Waals surface area (Å²) in [6, 6.07) is 8.23. The normalized spacial score (nSPS) is 11.8. The Hall–Kier alpha value is -1.77. The monoisotopic (exact) mass is 258 g/mol. The standard InChI is InChI=1S/C16H22N2O/c1-11-13(10-15(19)17-16(2,3)4)12-8-6-7-9-14(12)18(11)5/h6-9H,10H2,1-5H3,(H,17,19). The smallest absolute Gasteiger partial charge is 0.224 e. The molecule has 0 aliphatic heterocycles. The maximum Gasteiger partial charge on any atom is 0.224 e. The number of amides is 1. The highest BCUT2D eigenvalue weighted by molar-refractivity contribution is 5.90. The number of hydrogen-bond acceptors (Lipinski definition) is 1. The molecule has 1 amide bonds. The van der Waals surface area contributed by atoms with Crippen molar-refractivity contribution in [1.29, 1.82) is 0 Å². The summed E-state index contributed by atoms with van der Waals surface area (Å²) in [5.41, 5.74) is 3.28. The third-order valence-corrected chi connectivity index (χ3v) is 3.38. The molecular formula is C16H22N2O. The summed E-state index contributed by atoms with van der Waals surface area (Å²) in [6.07, 6.45) is 0.435. The van der Waals surface area contributed by atoms with Crippen molar-refractivity contribution in [1.82, 2.24) is 9.88 Å². The molecule has 1 aromatic carbocycles.